The van der Waals surface area contributed by atoms with Crippen LogP contribution in [0.5, 0.6) is 0 Å². The summed E-state index contributed by atoms with van der Waals surface area (Å²) in [6.07, 6.45) is 1.70. The predicted octanol–water partition coefficient (Wildman–Crippen LogP) is 3.95. The Labute approximate surface area is 161 Å². The van der Waals surface area contributed by atoms with Gasteiger partial charge in [-0.2, -0.15) is 4.98 Å². The van der Waals surface area contributed by atoms with Crippen molar-refractivity contribution in [1.29, 1.82) is 0 Å². The van der Waals surface area contributed by atoms with E-state index in [4.69, 9.17) is 9.63 Å². The molecule has 0 unspecified atom stereocenters. The van der Waals surface area contributed by atoms with E-state index in [1.165, 1.54) is 6.07 Å². The van der Waals surface area contributed by atoms with Crippen molar-refractivity contribution in [1.82, 2.24) is 15.0 Å². The number of hydrogen-bond acceptors (Lipinski definition) is 5. The molecule has 1 saturated heterocycles. The summed E-state index contributed by atoms with van der Waals surface area (Å²) in [5, 5.41) is 13.0. The average molecular weight is 381 g/mol. The molecule has 1 aliphatic heterocycles. The lowest BCUT2D eigenvalue weighted by Gasteiger charge is -2.30. The molecule has 1 fully saturated rings. The number of benzene rings is 2. The molecule has 7 heteroatoms. The standard InChI is InChI=1S/C21H20FN3O3/c22-18-12-16(21(26)27)6-7-17(18)13-25-10-8-15(9-11-25)20-23-19(24-28-20)14-4-2-1-3-5-14/h1-7,12,15H,8-11,13H2,(H,26,27). The maximum atomic E-state index is 14.1. The normalized spacial score (nSPS) is 15.6. The molecule has 28 heavy (non-hydrogen) atoms. The summed E-state index contributed by atoms with van der Waals surface area (Å²) in [5.74, 6) is -0.165. The lowest BCUT2D eigenvalue weighted by Crippen LogP contribution is -2.32. The molecule has 0 atom stereocenters. The van der Waals surface area contributed by atoms with Crippen LogP contribution in [0, 0.1) is 5.82 Å². The van der Waals surface area contributed by atoms with Gasteiger partial charge in [0.1, 0.15) is 5.82 Å². The Hall–Kier alpha value is -3.06. The van der Waals surface area contributed by atoms with E-state index in [9.17, 15) is 9.18 Å². The van der Waals surface area contributed by atoms with Gasteiger partial charge in [0.25, 0.3) is 0 Å². The Morgan fingerprint density at radius 1 is 1.18 bits per heavy atom. The highest BCUT2D eigenvalue weighted by Gasteiger charge is 2.26. The second-order valence-corrected chi connectivity index (χ2v) is 6.98. The van der Waals surface area contributed by atoms with Crippen LogP contribution >= 0.6 is 0 Å². The first-order chi connectivity index (χ1) is 13.6. The minimum Gasteiger partial charge on any atom is -0.478 e. The zero-order chi connectivity index (χ0) is 19.5. The summed E-state index contributed by atoms with van der Waals surface area (Å²) in [5.41, 5.74) is 1.40. The van der Waals surface area contributed by atoms with Crippen LogP contribution in [-0.2, 0) is 6.54 Å². The number of carbonyl (C=O) groups is 1. The first kappa shape index (κ1) is 18.3. The third-order valence-corrected chi connectivity index (χ3v) is 5.10. The zero-order valence-electron chi connectivity index (χ0n) is 15.2. The Balaban J connectivity index is 1.36. The fraction of sp³-hybridized carbons (Fsp3) is 0.286. The number of carboxylic acid groups (broad SMARTS) is 1. The molecule has 0 spiro atoms. The summed E-state index contributed by atoms with van der Waals surface area (Å²) in [4.78, 5) is 17.6. The van der Waals surface area contributed by atoms with E-state index >= 15 is 0 Å². The number of likely N-dealkylation sites (tertiary alicyclic amines) is 1. The summed E-state index contributed by atoms with van der Waals surface area (Å²) < 4.78 is 19.6. The molecule has 4 rings (SSSR count). The van der Waals surface area contributed by atoms with E-state index in [1.807, 2.05) is 30.3 Å². The van der Waals surface area contributed by atoms with E-state index < -0.39 is 11.8 Å². The maximum absolute atomic E-state index is 14.1. The molecule has 0 radical (unpaired) electrons. The van der Waals surface area contributed by atoms with Crippen LogP contribution < -0.4 is 0 Å². The van der Waals surface area contributed by atoms with Crippen molar-refractivity contribution in [2.24, 2.45) is 0 Å². The highest BCUT2D eigenvalue weighted by Crippen LogP contribution is 2.29. The van der Waals surface area contributed by atoms with Crippen LogP contribution in [0.25, 0.3) is 11.4 Å². The number of nitrogens with zero attached hydrogens (tertiary/aromatic N) is 3. The summed E-state index contributed by atoms with van der Waals surface area (Å²) in [6.45, 7) is 2.03. The Bertz CT molecular complexity index is 966. The molecule has 0 aliphatic carbocycles. The molecule has 0 saturated carbocycles. The molecule has 2 heterocycles. The number of carboxylic acids is 1. The van der Waals surface area contributed by atoms with Gasteiger partial charge in [0.15, 0.2) is 0 Å². The zero-order valence-corrected chi connectivity index (χ0v) is 15.2. The van der Waals surface area contributed by atoms with Crippen LogP contribution in [-0.4, -0.2) is 39.2 Å². The molecule has 3 aromatic rings. The van der Waals surface area contributed by atoms with E-state index in [2.05, 4.69) is 15.0 Å². The van der Waals surface area contributed by atoms with Crippen LogP contribution in [0.4, 0.5) is 4.39 Å². The lowest BCUT2D eigenvalue weighted by atomic mass is 9.96. The third-order valence-electron chi connectivity index (χ3n) is 5.10. The van der Waals surface area contributed by atoms with Crippen LogP contribution in [0.3, 0.4) is 0 Å². The largest absolute Gasteiger partial charge is 0.478 e. The molecule has 2 aromatic carbocycles. The topological polar surface area (TPSA) is 79.5 Å². The maximum Gasteiger partial charge on any atom is 0.335 e. The van der Waals surface area contributed by atoms with Crippen molar-refractivity contribution in [2.45, 2.75) is 25.3 Å². The summed E-state index contributed by atoms with van der Waals surface area (Å²) in [7, 11) is 0. The number of piperidine rings is 1. The molecule has 144 valence electrons. The van der Waals surface area contributed by atoms with Crippen molar-refractivity contribution in [3.05, 3.63) is 71.4 Å². The Kier molecular flexibility index (Phi) is 5.16. The quantitative estimate of drug-likeness (QED) is 0.721. The van der Waals surface area contributed by atoms with Crippen molar-refractivity contribution >= 4 is 5.97 Å². The minimum atomic E-state index is -1.12. The fourth-order valence-electron chi connectivity index (χ4n) is 3.49. The smallest absolute Gasteiger partial charge is 0.335 e. The molecule has 6 nitrogen and oxygen atoms in total. The van der Waals surface area contributed by atoms with E-state index in [0.717, 1.165) is 37.6 Å². The minimum absolute atomic E-state index is 0.0365. The molecular formula is C21H20FN3O3. The molecule has 1 aliphatic rings. The average Bonchev–Trinajstić information content (AvgIpc) is 3.21. The van der Waals surface area contributed by atoms with Crippen molar-refractivity contribution in [3.63, 3.8) is 0 Å². The Morgan fingerprint density at radius 2 is 1.93 bits per heavy atom. The molecule has 0 amide bonds. The van der Waals surface area contributed by atoms with E-state index in [1.54, 1.807) is 6.07 Å². The van der Waals surface area contributed by atoms with Gasteiger partial charge < -0.3 is 9.63 Å². The molecular weight excluding hydrogens is 361 g/mol. The Morgan fingerprint density at radius 3 is 2.61 bits per heavy atom. The van der Waals surface area contributed by atoms with E-state index in [0.29, 0.717) is 23.8 Å². The monoisotopic (exact) mass is 381 g/mol. The summed E-state index contributed by atoms with van der Waals surface area (Å²) in [6, 6.07) is 13.8. The number of rotatable bonds is 5. The SMILES string of the molecule is O=C(O)c1ccc(CN2CCC(c3nc(-c4ccccc4)no3)CC2)c(F)c1. The first-order valence-corrected chi connectivity index (χ1v) is 9.23. The van der Waals surface area contributed by atoms with E-state index in [-0.39, 0.29) is 11.5 Å². The van der Waals surface area contributed by atoms with Gasteiger partial charge >= 0.3 is 5.97 Å². The van der Waals surface area contributed by atoms with Gasteiger partial charge in [-0.15, -0.1) is 0 Å². The lowest BCUT2D eigenvalue weighted by molar-refractivity contribution is 0.0696. The van der Waals surface area contributed by atoms with Gasteiger partial charge in [0.2, 0.25) is 11.7 Å². The number of aromatic nitrogens is 2. The highest BCUT2D eigenvalue weighted by atomic mass is 19.1. The van der Waals surface area contributed by atoms with Crippen LogP contribution in [0.15, 0.2) is 53.1 Å². The van der Waals surface area contributed by atoms with Gasteiger partial charge in [0, 0.05) is 23.6 Å². The fourth-order valence-corrected chi connectivity index (χ4v) is 3.49. The van der Waals surface area contributed by atoms with Crippen molar-refractivity contribution in [3.8, 4) is 11.4 Å². The molecule has 1 aromatic heterocycles. The van der Waals surface area contributed by atoms with Gasteiger partial charge in [-0.1, -0.05) is 41.6 Å². The summed E-state index contributed by atoms with van der Waals surface area (Å²) >= 11 is 0. The van der Waals surface area contributed by atoms with Crippen LogP contribution in [0.1, 0.15) is 40.6 Å². The number of aromatic carboxylic acids is 1. The predicted molar refractivity (Wildman–Crippen MR) is 100 cm³/mol. The molecule has 0 bridgehead atoms. The van der Waals surface area contributed by atoms with Gasteiger partial charge in [-0.05, 0) is 38.1 Å². The van der Waals surface area contributed by atoms with Gasteiger partial charge in [0.05, 0.1) is 5.56 Å². The second kappa shape index (κ2) is 7.90. The number of halogens is 1. The highest BCUT2D eigenvalue weighted by molar-refractivity contribution is 5.87. The first-order valence-electron chi connectivity index (χ1n) is 9.23. The second-order valence-electron chi connectivity index (χ2n) is 6.98. The van der Waals surface area contributed by atoms with Gasteiger partial charge in [-0.3, -0.25) is 4.90 Å². The van der Waals surface area contributed by atoms with Crippen LogP contribution in [0.2, 0.25) is 0 Å². The van der Waals surface area contributed by atoms with Crippen molar-refractivity contribution in [2.75, 3.05) is 13.1 Å². The molecule has 1 N–H and O–H groups in total. The van der Waals surface area contributed by atoms with Gasteiger partial charge in [-0.25, -0.2) is 9.18 Å². The number of hydrogen-bond donors (Lipinski definition) is 1. The third kappa shape index (κ3) is 3.94. The van der Waals surface area contributed by atoms with Crippen molar-refractivity contribution < 1.29 is 18.8 Å².